The molecular formula is C15H34O8Si2. The Morgan fingerprint density at radius 1 is 0.960 bits per heavy atom. The first-order chi connectivity index (χ1) is 11.8. The lowest BCUT2D eigenvalue weighted by Gasteiger charge is -2.25. The molecule has 0 amide bonds. The van der Waals surface area contributed by atoms with Gasteiger partial charge in [0.2, 0.25) is 0 Å². The van der Waals surface area contributed by atoms with Gasteiger partial charge < -0.3 is 31.3 Å². The molecule has 0 bridgehead atoms. The van der Waals surface area contributed by atoms with Gasteiger partial charge in [0.1, 0.15) is 0 Å². The monoisotopic (exact) mass is 398 g/mol. The summed E-state index contributed by atoms with van der Waals surface area (Å²) >= 11 is 0. The Morgan fingerprint density at radius 3 is 1.68 bits per heavy atom. The van der Waals surface area contributed by atoms with Crippen LogP contribution in [0, 0.1) is 0 Å². The van der Waals surface area contributed by atoms with Crippen LogP contribution < -0.4 is 0 Å². The lowest BCUT2D eigenvalue weighted by atomic mass is 10.5. The number of carbonyl (C=O) groups is 1. The van der Waals surface area contributed by atoms with E-state index in [1.165, 1.54) is 34.5 Å². The van der Waals surface area contributed by atoms with Gasteiger partial charge in [-0.15, -0.1) is 0 Å². The Hall–Kier alpha value is -0.596. The molecule has 0 aromatic heterocycles. The molecule has 25 heavy (non-hydrogen) atoms. The number of carbonyl (C=O) groups excluding carboxylic acids is 1. The molecule has 0 heterocycles. The molecule has 0 saturated heterocycles. The summed E-state index contributed by atoms with van der Waals surface area (Å²) in [6.07, 6.45) is 1.93. The van der Waals surface area contributed by atoms with Crippen LogP contribution in [0.1, 0.15) is 20.3 Å². The van der Waals surface area contributed by atoms with E-state index in [-0.39, 0.29) is 5.97 Å². The van der Waals surface area contributed by atoms with Crippen molar-refractivity contribution in [1.82, 2.24) is 0 Å². The Labute approximate surface area is 154 Å². The molecule has 0 rings (SSSR count). The predicted molar refractivity (Wildman–Crippen MR) is 99.2 cm³/mol. The highest BCUT2D eigenvalue weighted by molar-refractivity contribution is 6.66. The van der Waals surface area contributed by atoms with Crippen molar-refractivity contribution >= 4 is 23.6 Å². The van der Waals surface area contributed by atoms with Crippen molar-refractivity contribution in [3.63, 3.8) is 0 Å². The van der Waals surface area contributed by atoms with Crippen LogP contribution in [-0.2, 0) is 36.1 Å². The first-order valence-electron chi connectivity index (χ1n) is 8.10. The van der Waals surface area contributed by atoms with Crippen molar-refractivity contribution in [2.45, 2.75) is 32.9 Å². The van der Waals surface area contributed by atoms with Crippen LogP contribution in [0.25, 0.3) is 0 Å². The Morgan fingerprint density at radius 2 is 1.40 bits per heavy atom. The van der Waals surface area contributed by atoms with E-state index in [9.17, 15) is 4.79 Å². The topological polar surface area (TPSA) is 81.7 Å². The van der Waals surface area contributed by atoms with Crippen molar-refractivity contribution in [1.29, 1.82) is 0 Å². The zero-order valence-electron chi connectivity index (χ0n) is 16.6. The summed E-state index contributed by atoms with van der Waals surface area (Å²) in [5.74, 6) is -0.379. The Kier molecular flexibility index (Phi) is 16.7. The summed E-state index contributed by atoms with van der Waals surface area (Å²) in [7, 11) is 1.22. The maximum absolute atomic E-state index is 10.8. The van der Waals surface area contributed by atoms with Gasteiger partial charge in [-0.3, -0.25) is 0 Å². The molecule has 8 nitrogen and oxygen atoms in total. The van der Waals surface area contributed by atoms with Gasteiger partial charge in [-0.05, 0) is 32.9 Å². The van der Waals surface area contributed by atoms with Gasteiger partial charge in [0.25, 0.3) is 0 Å². The Balaban J connectivity index is 0. The molecule has 0 aliphatic carbocycles. The molecule has 10 heteroatoms. The summed E-state index contributed by atoms with van der Waals surface area (Å²) in [5, 5.41) is 0. The van der Waals surface area contributed by atoms with Gasteiger partial charge in [-0.25, -0.2) is 4.79 Å². The van der Waals surface area contributed by atoms with Crippen LogP contribution in [0.2, 0.25) is 12.6 Å². The molecule has 0 atom stereocenters. The van der Waals surface area contributed by atoms with Crippen LogP contribution in [0.4, 0.5) is 0 Å². The van der Waals surface area contributed by atoms with E-state index in [1.54, 1.807) is 0 Å². The smallest absolute Gasteiger partial charge is 0.463 e. The first-order valence-corrected chi connectivity index (χ1v) is 12.3. The number of ether oxygens (including phenoxy) is 1. The number of hydrogen-bond donors (Lipinski definition) is 0. The van der Waals surface area contributed by atoms with Crippen LogP contribution in [0.3, 0.4) is 0 Å². The fourth-order valence-corrected chi connectivity index (χ4v) is 5.30. The molecule has 0 aliphatic heterocycles. The average molecular weight is 399 g/mol. The largest absolute Gasteiger partial charge is 0.678 e. The van der Waals surface area contributed by atoms with E-state index in [0.29, 0.717) is 19.8 Å². The molecule has 0 saturated carbocycles. The number of hydrogen-bond acceptors (Lipinski definition) is 8. The highest BCUT2D eigenvalue weighted by Crippen LogP contribution is 2.15. The van der Waals surface area contributed by atoms with E-state index < -0.39 is 17.6 Å². The summed E-state index contributed by atoms with van der Waals surface area (Å²) in [6.45, 7) is 11.0. The average Bonchev–Trinajstić information content (AvgIpc) is 2.62. The molecule has 0 spiro atoms. The zero-order valence-corrected chi connectivity index (χ0v) is 18.6. The highest BCUT2D eigenvalue weighted by Gasteiger charge is 2.40. The minimum Gasteiger partial charge on any atom is -0.463 e. The third-order valence-electron chi connectivity index (χ3n) is 3.09. The second-order valence-corrected chi connectivity index (χ2v) is 10.8. The van der Waals surface area contributed by atoms with Crippen molar-refractivity contribution in [3.05, 3.63) is 12.7 Å². The third-order valence-corrected chi connectivity index (χ3v) is 8.15. The van der Waals surface area contributed by atoms with Gasteiger partial charge in [-0.2, -0.15) is 0 Å². The van der Waals surface area contributed by atoms with Crippen LogP contribution in [0.15, 0.2) is 12.7 Å². The maximum atomic E-state index is 10.8. The fraction of sp³-hybridized carbons (Fsp3) is 0.800. The minimum atomic E-state index is -2.69. The third kappa shape index (κ3) is 12.4. The molecule has 0 unspecified atom stereocenters. The SMILES string of the molecule is C=CC(=O)OCCC[Si](C)(OCC)OCC.CO[Si](OC)(OC)OC. The van der Waals surface area contributed by atoms with E-state index in [1.807, 2.05) is 20.4 Å². The summed E-state index contributed by atoms with van der Waals surface area (Å²) in [6, 6.07) is 0.832. The second-order valence-electron chi connectivity index (χ2n) is 4.79. The van der Waals surface area contributed by atoms with Crippen molar-refractivity contribution in [3.8, 4) is 0 Å². The first kappa shape index (κ1) is 26.6. The van der Waals surface area contributed by atoms with Crippen molar-refractivity contribution in [2.75, 3.05) is 48.3 Å². The Bertz CT molecular complexity index is 327. The normalized spacial score (nSPS) is 11.5. The fourth-order valence-electron chi connectivity index (χ4n) is 1.92. The van der Waals surface area contributed by atoms with Crippen molar-refractivity contribution < 1.29 is 36.1 Å². The lowest BCUT2D eigenvalue weighted by Crippen LogP contribution is -2.45. The van der Waals surface area contributed by atoms with Gasteiger partial charge in [0.05, 0.1) is 6.61 Å². The zero-order chi connectivity index (χ0) is 19.8. The van der Waals surface area contributed by atoms with E-state index >= 15 is 0 Å². The summed E-state index contributed by atoms with van der Waals surface area (Å²) in [4.78, 5) is 10.8. The van der Waals surface area contributed by atoms with Gasteiger partial charge in [0.15, 0.2) is 0 Å². The highest BCUT2D eigenvalue weighted by atomic mass is 28.4. The van der Waals surface area contributed by atoms with E-state index in [4.69, 9.17) is 31.3 Å². The van der Waals surface area contributed by atoms with Crippen LogP contribution in [0.5, 0.6) is 0 Å². The molecule has 0 aromatic rings. The summed E-state index contributed by atoms with van der Waals surface area (Å²) < 4.78 is 35.6. The molecule has 0 radical (unpaired) electrons. The minimum absolute atomic E-state index is 0.379. The maximum Gasteiger partial charge on any atom is 0.678 e. The lowest BCUT2D eigenvalue weighted by molar-refractivity contribution is -0.137. The van der Waals surface area contributed by atoms with Gasteiger partial charge in [0, 0.05) is 47.7 Å². The second kappa shape index (κ2) is 15.6. The number of esters is 1. The van der Waals surface area contributed by atoms with Crippen LogP contribution in [-0.4, -0.2) is 71.8 Å². The standard InChI is InChI=1S/C11H22O4Si.C4H12O4Si/c1-5-11(12)13-9-8-10-16(4,14-6-2)15-7-3;1-5-9(6-2,7-3)8-4/h5H,1,6-10H2,2-4H3;1-4H3. The van der Waals surface area contributed by atoms with Crippen LogP contribution >= 0.6 is 0 Å². The number of rotatable bonds is 13. The quantitative estimate of drug-likeness (QED) is 0.202. The van der Waals surface area contributed by atoms with E-state index in [2.05, 4.69) is 6.58 Å². The predicted octanol–water partition coefficient (Wildman–Crippen LogP) is 2.26. The molecule has 0 aliphatic rings. The van der Waals surface area contributed by atoms with Gasteiger partial charge >= 0.3 is 23.6 Å². The molecule has 150 valence electrons. The molecule has 0 aromatic carbocycles. The van der Waals surface area contributed by atoms with E-state index in [0.717, 1.165) is 12.5 Å². The molecular weight excluding hydrogens is 364 g/mol. The van der Waals surface area contributed by atoms with Gasteiger partial charge in [-0.1, -0.05) is 6.58 Å². The molecule has 0 N–H and O–H groups in total. The molecule has 0 fully saturated rings. The van der Waals surface area contributed by atoms with Crippen molar-refractivity contribution in [2.24, 2.45) is 0 Å². The summed E-state index contributed by atoms with van der Waals surface area (Å²) in [5.41, 5.74) is 0.